The van der Waals surface area contributed by atoms with Crippen LogP contribution in [-0.2, 0) is 0 Å². The predicted octanol–water partition coefficient (Wildman–Crippen LogP) is -1.25. The van der Waals surface area contributed by atoms with Crippen LogP contribution in [0.2, 0.25) is 0 Å². The zero-order chi connectivity index (χ0) is 10.2. The Hall–Kier alpha value is 0.890. The van der Waals surface area contributed by atoms with Gasteiger partial charge in [-0.2, -0.15) is 0 Å². The van der Waals surface area contributed by atoms with Crippen molar-refractivity contribution < 1.29 is 20.4 Å². The van der Waals surface area contributed by atoms with Crippen molar-refractivity contribution >= 4 is 37.9 Å². The van der Waals surface area contributed by atoms with E-state index in [1.165, 1.54) is 0 Å². The molecule has 0 aromatic carbocycles. The summed E-state index contributed by atoms with van der Waals surface area (Å²) in [6, 6.07) is 0. The number of rotatable bonds is 3. The number of hydrogen-bond donors (Lipinski definition) is 7. The van der Waals surface area contributed by atoms with Crippen molar-refractivity contribution in [2.24, 2.45) is 0 Å². The molecule has 0 saturated carbocycles. The highest BCUT2D eigenvalue weighted by atomic mass is 32.2. The molecule has 12 heavy (non-hydrogen) atoms. The maximum Gasteiger partial charge on any atom is 0.121 e. The Kier molecular flexibility index (Phi) is 10.9. The lowest BCUT2D eigenvalue weighted by atomic mass is 10.4. The Morgan fingerprint density at radius 3 is 1.25 bits per heavy atom. The standard InChI is InChI=1S/C3H8O3.C2H6OS3/c4-1-3(6)2-5;3-1-2(4,5)6/h3-6H,1-2H2;3-6H,1H2. The van der Waals surface area contributed by atoms with Crippen molar-refractivity contribution in [3.05, 3.63) is 0 Å². The second-order valence-electron chi connectivity index (χ2n) is 1.95. The van der Waals surface area contributed by atoms with Gasteiger partial charge in [-0.05, 0) is 0 Å². The summed E-state index contributed by atoms with van der Waals surface area (Å²) in [5.41, 5.74) is 0. The van der Waals surface area contributed by atoms with Crippen LogP contribution < -0.4 is 0 Å². The lowest BCUT2D eigenvalue weighted by Crippen LogP contribution is -2.15. The largest absolute Gasteiger partial charge is 0.394 e. The van der Waals surface area contributed by atoms with Crippen LogP contribution in [0.25, 0.3) is 0 Å². The maximum atomic E-state index is 8.17. The summed E-state index contributed by atoms with van der Waals surface area (Å²) in [4.78, 5) is 0. The molecule has 4 N–H and O–H groups in total. The van der Waals surface area contributed by atoms with Crippen LogP contribution in [0.4, 0.5) is 0 Å². The minimum Gasteiger partial charge on any atom is -0.394 e. The van der Waals surface area contributed by atoms with Gasteiger partial charge < -0.3 is 20.4 Å². The Balaban J connectivity index is 0. The normalized spacial score (nSPS) is 11.0. The molecule has 0 aliphatic heterocycles. The van der Waals surface area contributed by atoms with Gasteiger partial charge >= 0.3 is 0 Å². The van der Waals surface area contributed by atoms with Crippen LogP contribution in [0, 0.1) is 0 Å². The van der Waals surface area contributed by atoms with E-state index < -0.39 is 9.52 Å². The molecule has 0 bridgehead atoms. The molecule has 0 aliphatic carbocycles. The number of thiol groups is 3. The van der Waals surface area contributed by atoms with E-state index in [-0.39, 0.29) is 19.8 Å². The van der Waals surface area contributed by atoms with Gasteiger partial charge in [0.15, 0.2) is 0 Å². The monoisotopic (exact) mass is 234 g/mol. The Labute approximate surface area is 87.8 Å². The molecule has 0 rings (SSSR count). The van der Waals surface area contributed by atoms with Gasteiger partial charge in [0.05, 0.1) is 19.8 Å². The Morgan fingerprint density at radius 1 is 1.00 bits per heavy atom. The minimum absolute atomic E-state index is 0.137. The van der Waals surface area contributed by atoms with Crippen molar-refractivity contribution in [2.75, 3.05) is 19.8 Å². The molecule has 0 amide bonds. The average molecular weight is 234 g/mol. The molecule has 0 fully saturated rings. The molecule has 0 aliphatic rings. The zero-order valence-corrected chi connectivity index (χ0v) is 9.01. The van der Waals surface area contributed by atoms with E-state index in [9.17, 15) is 0 Å². The first kappa shape index (κ1) is 15.4. The van der Waals surface area contributed by atoms with Gasteiger partial charge in [0.1, 0.15) is 9.52 Å². The molecule has 0 heterocycles. The van der Waals surface area contributed by atoms with Crippen molar-refractivity contribution in [3.8, 4) is 0 Å². The zero-order valence-electron chi connectivity index (χ0n) is 6.33. The fourth-order valence-electron chi connectivity index (χ4n) is 0.0577. The maximum absolute atomic E-state index is 8.17. The topological polar surface area (TPSA) is 80.9 Å². The Morgan fingerprint density at radius 2 is 1.25 bits per heavy atom. The first-order valence-corrected chi connectivity index (χ1v) is 4.39. The molecule has 0 unspecified atom stereocenters. The van der Waals surface area contributed by atoms with Gasteiger partial charge in [-0.3, -0.25) is 0 Å². The fourth-order valence-corrected chi connectivity index (χ4v) is 0.0577. The third-order valence-electron chi connectivity index (χ3n) is 0.634. The van der Waals surface area contributed by atoms with Crippen LogP contribution in [0.5, 0.6) is 0 Å². The van der Waals surface area contributed by atoms with Crippen LogP contribution in [0.1, 0.15) is 0 Å². The highest BCUT2D eigenvalue weighted by Crippen LogP contribution is 2.21. The SMILES string of the molecule is OCC(O)CO.OCC(S)(S)S. The molecular weight excluding hydrogens is 220 g/mol. The second kappa shape index (κ2) is 8.49. The van der Waals surface area contributed by atoms with E-state index in [1.54, 1.807) is 0 Å². The van der Waals surface area contributed by atoms with E-state index in [2.05, 4.69) is 37.9 Å². The highest BCUT2D eigenvalue weighted by Gasteiger charge is 2.09. The molecule has 0 radical (unpaired) electrons. The van der Waals surface area contributed by atoms with Gasteiger partial charge in [-0.1, -0.05) is 0 Å². The predicted molar refractivity (Wildman–Crippen MR) is 57.0 cm³/mol. The van der Waals surface area contributed by atoms with E-state index >= 15 is 0 Å². The molecule has 0 atom stereocenters. The molecule has 4 nitrogen and oxygen atoms in total. The quantitative estimate of drug-likeness (QED) is 0.246. The smallest absolute Gasteiger partial charge is 0.121 e. The number of aliphatic hydroxyl groups excluding tert-OH is 4. The average Bonchev–Trinajstić information content (AvgIpc) is 2.03. The van der Waals surface area contributed by atoms with Crippen LogP contribution in [0.3, 0.4) is 0 Å². The first-order chi connectivity index (χ1) is 5.37. The van der Waals surface area contributed by atoms with Crippen molar-refractivity contribution in [2.45, 2.75) is 9.52 Å². The molecule has 0 aromatic rings. The lowest BCUT2D eigenvalue weighted by molar-refractivity contribution is 0.0450. The summed E-state index contributed by atoms with van der Waals surface area (Å²) in [5, 5.41) is 32.2. The van der Waals surface area contributed by atoms with E-state index in [0.29, 0.717) is 0 Å². The number of hydrogen-bond acceptors (Lipinski definition) is 7. The summed E-state index contributed by atoms with van der Waals surface area (Å²) < 4.78 is -0.819. The summed E-state index contributed by atoms with van der Waals surface area (Å²) in [7, 11) is 0. The van der Waals surface area contributed by atoms with Crippen molar-refractivity contribution in [1.82, 2.24) is 0 Å². The molecule has 0 saturated heterocycles. The first-order valence-electron chi connectivity index (χ1n) is 3.05. The van der Waals surface area contributed by atoms with Gasteiger partial charge in [-0.15, -0.1) is 37.9 Å². The third-order valence-corrected chi connectivity index (χ3v) is 1.06. The molecule has 0 spiro atoms. The van der Waals surface area contributed by atoms with E-state index in [1.807, 2.05) is 0 Å². The Bertz CT molecular complexity index is 91.2. The van der Waals surface area contributed by atoms with Gasteiger partial charge in [-0.25, -0.2) is 0 Å². The lowest BCUT2D eigenvalue weighted by Gasteiger charge is -2.08. The second-order valence-corrected chi connectivity index (χ2v) is 5.30. The number of aliphatic hydroxyl groups is 4. The van der Waals surface area contributed by atoms with E-state index in [4.69, 9.17) is 20.4 Å². The fraction of sp³-hybridized carbons (Fsp3) is 1.00. The molecular formula is C5H14O4S3. The van der Waals surface area contributed by atoms with Crippen molar-refractivity contribution in [3.63, 3.8) is 0 Å². The van der Waals surface area contributed by atoms with Crippen molar-refractivity contribution in [1.29, 1.82) is 0 Å². The minimum atomic E-state index is -0.954. The summed E-state index contributed by atoms with van der Waals surface area (Å²) in [5.74, 6) is 0. The van der Waals surface area contributed by atoms with E-state index in [0.717, 1.165) is 0 Å². The summed E-state index contributed by atoms with van der Waals surface area (Å²) in [6.07, 6.45) is -0.954. The molecule has 0 aromatic heterocycles. The van der Waals surface area contributed by atoms with Crippen LogP contribution in [0.15, 0.2) is 0 Å². The highest BCUT2D eigenvalue weighted by molar-refractivity contribution is 8.17. The van der Waals surface area contributed by atoms with Gasteiger partial charge in [0, 0.05) is 0 Å². The summed E-state index contributed by atoms with van der Waals surface area (Å²) in [6.45, 7) is -0.866. The molecule has 7 heteroatoms. The van der Waals surface area contributed by atoms with Gasteiger partial charge in [0.25, 0.3) is 0 Å². The van der Waals surface area contributed by atoms with Gasteiger partial charge in [0.2, 0.25) is 0 Å². The van der Waals surface area contributed by atoms with Crippen LogP contribution in [-0.4, -0.2) is 49.8 Å². The van der Waals surface area contributed by atoms with Crippen LogP contribution >= 0.6 is 37.9 Å². The molecule has 76 valence electrons. The third kappa shape index (κ3) is 17.1. The summed E-state index contributed by atoms with van der Waals surface area (Å²) >= 11 is 11.2.